The van der Waals surface area contributed by atoms with Crippen molar-refractivity contribution in [3.63, 3.8) is 0 Å². The van der Waals surface area contributed by atoms with Gasteiger partial charge in [-0.15, -0.1) is 0 Å². The summed E-state index contributed by atoms with van der Waals surface area (Å²) in [5.74, 6) is -2.68. The maximum atomic E-state index is 14.3. The highest BCUT2D eigenvalue weighted by Gasteiger charge is 2.70. The normalized spacial score (nSPS) is 26.9. The Hall–Kier alpha value is -2.70. The summed E-state index contributed by atoms with van der Waals surface area (Å²) in [5.41, 5.74) is 3.47. The largest absolute Gasteiger partial charge is 0.363 e. The highest BCUT2D eigenvalue weighted by molar-refractivity contribution is 7.90. The monoisotopic (exact) mass is 651 g/mol. The third-order valence-electron chi connectivity index (χ3n) is 10.8. The third kappa shape index (κ3) is 8.00. The average Bonchev–Trinajstić information content (AvgIpc) is 3.20. The van der Waals surface area contributed by atoms with Gasteiger partial charge in [-0.05, 0) is 54.3 Å². The molecule has 1 heterocycles. The molecule has 12 nitrogen and oxygen atoms in total. The number of carbonyl (C=O) groups excluding carboxylic acids is 5. The summed E-state index contributed by atoms with van der Waals surface area (Å²) < 4.78 is 24.5. The number of ketones is 1. The van der Waals surface area contributed by atoms with E-state index in [0.717, 1.165) is 44.8 Å². The van der Waals surface area contributed by atoms with E-state index in [1.807, 2.05) is 34.6 Å². The van der Waals surface area contributed by atoms with Gasteiger partial charge in [0, 0.05) is 12.8 Å². The molecule has 0 aromatic heterocycles. The van der Waals surface area contributed by atoms with Crippen molar-refractivity contribution in [3.05, 3.63) is 0 Å². The third-order valence-corrected chi connectivity index (χ3v) is 11.9. The number of nitrogens with zero attached hydrogens (tertiary/aromatic N) is 1. The fraction of sp³-hybridized carbons (Fsp3) is 0.844. The molecule has 5 atom stereocenters. The van der Waals surface area contributed by atoms with Crippen LogP contribution in [0.15, 0.2) is 0 Å². The SMILES string of the molecule is CC1(C)C2CN(C(=O)[C@@H](NC(=O)NC3(CS(C)(=O)=O)CCCCC3)C(C)(C)C)[C@H](C(=O)NC(CCC3CCC3)C(=O)C(N)=O)C21. The maximum Gasteiger partial charge on any atom is 0.315 e. The number of nitrogens with one attached hydrogen (secondary N) is 3. The molecule has 13 heteroatoms. The molecule has 0 spiro atoms. The Morgan fingerprint density at radius 2 is 1.60 bits per heavy atom. The van der Waals surface area contributed by atoms with Gasteiger partial charge in [0.15, 0.2) is 0 Å². The summed E-state index contributed by atoms with van der Waals surface area (Å²) in [6.07, 6.45) is 8.99. The van der Waals surface area contributed by atoms with E-state index in [1.165, 1.54) is 4.90 Å². The number of nitrogens with two attached hydrogens (primary N) is 1. The van der Waals surface area contributed by atoms with Gasteiger partial charge in [0.2, 0.25) is 17.6 Å². The lowest BCUT2D eigenvalue weighted by atomic mass is 9.81. The first-order chi connectivity index (χ1) is 20.8. The molecule has 4 aliphatic rings. The van der Waals surface area contributed by atoms with Gasteiger partial charge in [-0.2, -0.15) is 0 Å². The molecule has 4 rings (SSSR count). The number of carbonyl (C=O) groups is 5. The van der Waals surface area contributed by atoms with Gasteiger partial charge < -0.3 is 26.6 Å². The van der Waals surface area contributed by atoms with E-state index in [9.17, 15) is 32.4 Å². The summed E-state index contributed by atoms with van der Waals surface area (Å²) in [4.78, 5) is 67.7. The number of rotatable bonds is 12. The highest BCUT2D eigenvalue weighted by atomic mass is 32.2. The number of hydrogen-bond acceptors (Lipinski definition) is 7. The van der Waals surface area contributed by atoms with Crippen molar-refractivity contribution in [2.45, 2.75) is 122 Å². The van der Waals surface area contributed by atoms with Crippen molar-refractivity contribution in [1.29, 1.82) is 0 Å². The molecule has 1 saturated heterocycles. The summed E-state index contributed by atoms with van der Waals surface area (Å²) in [5, 5.41) is 8.54. The first-order valence-electron chi connectivity index (χ1n) is 16.5. The second kappa shape index (κ2) is 12.8. The van der Waals surface area contributed by atoms with E-state index in [0.29, 0.717) is 38.1 Å². The number of urea groups is 1. The van der Waals surface area contributed by atoms with E-state index >= 15 is 0 Å². The Bertz CT molecular complexity index is 1300. The number of Topliss-reactive ketones (excluding diaryl/α,β-unsaturated/α-hetero) is 1. The van der Waals surface area contributed by atoms with Gasteiger partial charge >= 0.3 is 6.03 Å². The van der Waals surface area contributed by atoms with Gasteiger partial charge in [-0.1, -0.05) is 73.1 Å². The molecule has 45 heavy (non-hydrogen) atoms. The quantitative estimate of drug-likeness (QED) is 0.233. The second-order valence-corrected chi connectivity index (χ2v) is 18.0. The van der Waals surface area contributed by atoms with Crippen molar-refractivity contribution in [2.75, 3.05) is 18.6 Å². The van der Waals surface area contributed by atoms with Gasteiger partial charge in [0.25, 0.3) is 5.91 Å². The van der Waals surface area contributed by atoms with Crippen LogP contribution in [0.4, 0.5) is 4.79 Å². The van der Waals surface area contributed by atoms with Crippen molar-refractivity contribution in [1.82, 2.24) is 20.9 Å². The van der Waals surface area contributed by atoms with Crippen LogP contribution in [-0.4, -0.2) is 85.1 Å². The lowest BCUT2D eigenvalue weighted by Crippen LogP contribution is -2.63. The van der Waals surface area contributed by atoms with Crippen LogP contribution < -0.4 is 21.7 Å². The van der Waals surface area contributed by atoms with Crippen molar-refractivity contribution < 1.29 is 32.4 Å². The van der Waals surface area contributed by atoms with Gasteiger partial charge in [0.1, 0.15) is 21.9 Å². The van der Waals surface area contributed by atoms with E-state index < -0.39 is 68.5 Å². The fourth-order valence-corrected chi connectivity index (χ4v) is 9.32. The second-order valence-electron chi connectivity index (χ2n) is 15.9. The number of sulfone groups is 1. The Labute approximate surface area is 267 Å². The summed E-state index contributed by atoms with van der Waals surface area (Å²) in [7, 11) is -3.39. The first kappa shape index (κ1) is 35.2. The van der Waals surface area contributed by atoms with E-state index in [1.54, 1.807) is 0 Å². The zero-order chi connectivity index (χ0) is 33.5. The van der Waals surface area contributed by atoms with Crippen molar-refractivity contribution in [3.8, 4) is 0 Å². The first-order valence-corrected chi connectivity index (χ1v) is 18.5. The lowest BCUT2D eigenvalue weighted by Gasteiger charge is -2.40. The molecule has 1 aliphatic heterocycles. The Morgan fingerprint density at radius 3 is 2.11 bits per heavy atom. The lowest BCUT2D eigenvalue weighted by molar-refractivity contribution is -0.145. The smallest absolute Gasteiger partial charge is 0.315 e. The Morgan fingerprint density at radius 1 is 0.978 bits per heavy atom. The molecule has 0 aromatic rings. The van der Waals surface area contributed by atoms with Crippen molar-refractivity contribution in [2.24, 2.45) is 34.3 Å². The van der Waals surface area contributed by atoms with Crippen LogP contribution in [0.25, 0.3) is 0 Å². The van der Waals surface area contributed by atoms with Crippen LogP contribution >= 0.6 is 0 Å². The van der Waals surface area contributed by atoms with Crippen LogP contribution in [0.2, 0.25) is 0 Å². The Balaban J connectivity index is 1.53. The number of piperidine rings is 1. The van der Waals surface area contributed by atoms with Gasteiger partial charge in [-0.3, -0.25) is 19.2 Å². The van der Waals surface area contributed by atoms with Crippen LogP contribution in [0, 0.1) is 28.6 Å². The maximum absolute atomic E-state index is 14.3. The molecule has 0 bridgehead atoms. The number of amides is 5. The Kier molecular flexibility index (Phi) is 10.0. The average molecular weight is 652 g/mol. The standard InChI is InChI=1S/C32H53N5O7S/c1-30(2,3)25(35-29(42)36-32(18-45(6,43)44)15-8-7-9-16-32)28(41)37-17-20-22(31(20,4)5)23(37)27(40)34-21(24(38)26(33)39)14-13-19-11-10-12-19/h19-23,25H,7-18H2,1-6H3,(H2,33,39)(H,34,40)(H2,35,36,42)/t20?,21?,22?,23-,25+/m0/s1. The zero-order valence-electron chi connectivity index (χ0n) is 27.7. The minimum Gasteiger partial charge on any atom is -0.363 e. The fourth-order valence-electron chi connectivity index (χ4n) is 7.95. The molecule has 0 radical (unpaired) electrons. The van der Waals surface area contributed by atoms with Gasteiger partial charge in [-0.25, -0.2) is 13.2 Å². The molecule has 5 amide bonds. The van der Waals surface area contributed by atoms with Gasteiger partial charge in [0.05, 0.1) is 17.3 Å². The summed E-state index contributed by atoms with van der Waals surface area (Å²) >= 11 is 0. The molecule has 3 aliphatic carbocycles. The van der Waals surface area contributed by atoms with Crippen LogP contribution in [0.1, 0.15) is 98.8 Å². The van der Waals surface area contributed by atoms with Crippen LogP contribution in [0.5, 0.6) is 0 Å². The minimum absolute atomic E-state index is 0.0622. The number of hydrogen-bond donors (Lipinski definition) is 4. The predicted octanol–water partition coefficient (Wildman–Crippen LogP) is 2.05. The number of likely N-dealkylation sites (tertiary alicyclic amines) is 1. The van der Waals surface area contributed by atoms with E-state index in [4.69, 9.17) is 5.73 Å². The van der Waals surface area contributed by atoms with E-state index in [-0.39, 0.29) is 23.0 Å². The molecule has 0 aromatic carbocycles. The topological polar surface area (TPSA) is 185 Å². The molecule has 5 N–H and O–H groups in total. The van der Waals surface area contributed by atoms with Crippen LogP contribution in [0.3, 0.4) is 0 Å². The summed E-state index contributed by atoms with van der Waals surface area (Å²) in [6.45, 7) is 9.87. The number of fused-ring (bicyclic) bond motifs is 1. The molecule has 3 unspecified atom stereocenters. The van der Waals surface area contributed by atoms with E-state index in [2.05, 4.69) is 16.0 Å². The number of primary amides is 1. The predicted molar refractivity (Wildman–Crippen MR) is 169 cm³/mol. The summed E-state index contributed by atoms with van der Waals surface area (Å²) in [6, 6.07) is -3.58. The molecular formula is C32H53N5O7S. The zero-order valence-corrected chi connectivity index (χ0v) is 28.6. The molecular weight excluding hydrogens is 598 g/mol. The van der Waals surface area contributed by atoms with Crippen molar-refractivity contribution >= 4 is 39.4 Å². The van der Waals surface area contributed by atoms with Crippen LogP contribution in [-0.2, 0) is 29.0 Å². The highest BCUT2D eigenvalue weighted by Crippen LogP contribution is 2.65. The molecule has 254 valence electrons. The molecule has 3 saturated carbocycles. The minimum atomic E-state index is -3.39. The molecule has 4 fully saturated rings.